The van der Waals surface area contributed by atoms with Crippen LogP contribution in [0.3, 0.4) is 0 Å². The summed E-state index contributed by atoms with van der Waals surface area (Å²) < 4.78 is 0. The van der Waals surface area contributed by atoms with Gasteiger partial charge in [0.25, 0.3) is 11.8 Å². The van der Waals surface area contributed by atoms with Crippen molar-refractivity contribution in [2.75, 3.05) is 26.2 Å². The zero-order valence-corrected chi connectivity index (χ0v) is 17.3. The molecule has 2 N–H and O–H groups in total. The van der Waals surface area contributed by atoms with E-state index in [1.807, 2.05) is 0 Å². The lowest BCUT2D eigenvalue weighted by Crippen LogP contribution is -2.63. The summed E-state index contributed by atoms with van der Waals surface area (Å²) in [5, 5.41) is 5.47. The van der Waals surface area contributed by atoms with E-state index in [0.29, 0.717) is 18.5 Å². The van der Waals surface area contributed by atoms with Crippen LogP contribution >= 0.6 is 0 Å². The first-order chi connectivity index (χ1) is 15.5. The third kappa shape index (κ3) is 4.56. The molecule has 0 aromatic carbocycles. The Bertz CT molecular complexity index is 1000. The Morgan fingerprint density at radius 1 is 1.03 bits per heavy atom. The minimum atomic E-state index is -0.966. The van der Waals surface area contributed by atoms with Crippen molar-refractivity contribution in [1.82, 2.24) is 35.4 Å². The number of rotatable bonds is 4. The van der Waals surface area contributed by atoms with Gasteiger partial charge in [-0.3, -0.25) is 24.2 Å². The zero-order chi connectivity index (χ0) is 22.5. The van der Waals surface area contributed by atoms with Crippen LogP contribution in [0.2, 0.25) is 0 Å². The molecule has 0 bridgehead atoms. The second-order valence-corrected chi connectivity index (χ2v) is 7.63. The van der Waals surface area contributed by atoms with Gasteiger partial charge in [0, 0.05) is 44.4 Å². The van der Waals surface area contributed by atoms with Gasteiger partial charge in [0.2, 0.25) is 11.8 Å². The molecular formula is C21H23N7O4. The van der Waals surface area contributed by atoms with Gasteiger partial charge in [-0.1, -0.05) is 0 Å². The van der Waals surface area contributed by atoms with Crippen LogP contribution in [0.1, 0.15) is 33.6 Å². The van der Waals surface area contributed by atoms with Gasteiger partial charge in [-0.25, -0.2) is 9.97 Å². The molecule has 0 spiro atoms. The van der Waals surface area contributed by atoms with Gasteiger partial charge in [0.1, 0.15) is 18.4 Å². The summed E-state index contributed by atoms with van der Waals surface area (Å²) in [4.78, 5) is 66.0. The van der Waals surface area contributed by atoms with Gasteiger partial charge in [-0.05, 0) is 25.0 Å². The van der Waals surface area contributed by atoms with Crippen molar-refractivity contribution in [1.29, 1.82) is 0 Å². The highest BCUT2D eigenvalue weighted by atomic mass is 16.2. The molecule has 2 aliphatic heterocycles. The number of carbonyl (C=O) groups excluding carboxylic acids is 4. The standard InChI is InChI=1S/C21H23N7O4/c29-18-16(4-2-6-25-18)26-19(30)17-12-27(20(31)14-3-1-5-22-9-14)7-8-28(17)21(32)15-10-23-13-24-11-15/h1,3,5,9-11,13,16-17H,2,4,6-8,12H2,(H,25,29)(H,26,30)/t16-,17+/m0/s1. The molecule has 4 heterocycles. The maximum Gasteiger partial charge on any atom is 0.257 e. The summed E-state index contributed by atoms with van der Waals surface area (Å²) in [5.74, 6) is -1.42. The summed E-state index contributed by atoms with van der Waals surface area (Å²) in [6.45, 7) is 0.962. The summed E-state index contributed by atoms with van der Waals surface area (Å²) in [5.41, 5.74) is 0.641. The maximum absolute atomic E-state index is 13.2. The highest BCUT2D eigenvalue weighted by Crippen LogP contribution is 2.17. The zero-order valence-electron chi connectivity index (χ0n) is 17.3. The van der Waals surface area contributed by atoms with E-state index >= 15 is 0 Å². The fourth-order valence-corrected chi connectivity index (χ4v) is 3.86. The number of amides is 4. The van der Waals surface area contributed by atoms with Crippen molar-refractivity contribution < 1.29 is 19.2 Å². The summed E-state index contributed by atoms with van der Waals surface area (Å²) in [6.07, 6.45) is 8.37. The average molecular weight is 437 g/mol. The molecule has 32 heavy (non-hydrogen) atoms. The first-order valence-electron chi connectivity index (χ1n) is 10.4. The number of nitrogens with zero attached hydrogens (tertiary/aromatic N) is 5. The van der Waals surface area contributed by atoms with Crippen molar-refractivity contribution in [2.45, 2.75) is 24.9 Å². The molecule has 2 aliphatic rings. The molecule has 11 nitrogen and oxygen atoms in total. The number of piperidine rings is 1. The van der Waals surface area contributed by atoms with Crippen LogP contribution in [0, 0.1) is 0 Å². The number of carbonyl (C=O) groups is 4. The molecule has 0 unspecified atom stereocenters. The predicted octanol–water partition coefficient (Wildman–Crippen LogP) is -0.767. The molecule has 0 aliphatic carbocycles. The van der Waals surface area contributed by atoms with Crippen molar-refractivity contribution in [3.63, 3.8) is 0 Å². The Hall–Kier alpha value is -3.89. The Kier molecular flexibility index (Phi) is 6.34. The summed E-state index contributed by atoms with van der Waals surface area (Å²) in [7, 11) is 0. The van der Waals surface area contributed by atoms with E-state index in [-0.39, 0.29) is 37.0 Å². The minimum absolute atomic E-state index is 0.00662. The van der Waals surface area contributed by atoms with E-state index in [4.69, 9.17) is 0 Å². The fraction of sp³-hybridized carbons (Fsp3) is 0.381. The number of pyridine rings is 1. The molecule has 2 aromatic heterocycles. The maximum atomic E-state index is 13.2. The third-order valence-corrected chi connectivity index (χ3v) is 5.55. The SMILES string of the molecule is O=C1NCCC[C@@H]1NC(=O)[C@H]1CN(C(=O)c2cccnc2)CCN1C(=O)c1cncnc1. The second-order valence-electron chi connectivity index (χ2n) is 7.63. The second kappa shape index (κ2) is 9.50. The monoisotopic (exact) mass is 437 g/mol. The number of piperazine rings is 1. The Labute approximate surface area is 184 Å². The number of hydrogen-bond donors (Lipinski definition) is 2. The van der Waals surface area contributed by atoms with Gasteiger partial charge in [-0.15, -0.1) is 0 Å². The number of hydrogen-bond acceptors (Lipinski definition) is 7. The minimum Gasteiger partial charge on any atom is -0.354 e. The van der Waals surface area contributed by atoms with E-state index in [1.165, 1.54) is 34.7 Å². The molecular weight excluding hydrogens is 414 g/mol. The average Bonchev–Trinajstić information content (AvgIpc) is 2.85. The molecule has 4 amide bonds. The molecule has 2 fully saturated rings. The van der Waals surface area contributed by atoms with Crippen LogP contribution < -0.4 is 10.6 Å². The smallest absolute Gasteiger partial charge is 0.257 e. The van der Waals surface area contributed by atoms with Gasteiger partial charge >= 0.3 is 0 Å². The Balaban J connectivity index is 1.56. The quantitative estimate of drug-likeness (QED) is 0.641. The lowest BCUT2D eigenvalue weighted by atomic mass is 10.0. The Morgan fingerprint density at radius 3 is 2.53 bits per heavy atom. The normalized spacial score (nSPS) is 20.9. The summed E-state index contributed by atoms with van der Waals surface area (Å²) >= 11 is 0. The van der Waals surface area contributed by atoms with Crippen LogP contribution in [0.15, 0.2) is 43.2 Å². The molecule has 11 heteroatoms. The highest BCUT2D eigenvalue weighted by Gasteiger charge is 2.39. The van der Waals surface area contributed by atoms with Gasteiger partial charge in [0.05, 0.1) is 17.7 Å². The molecule has 2 saturated heterocycles. The molecule has 4 rings (SSSR count). The largest absolute Gasteiger partial charge is 0.354 e. The predicted molar refractivity (Wildman–Crippen MR) is 111 cm³/mol. The van der Waals surface area contributed by atoms with E-state index in [2.05, 4.69) is 25.6 Å². The van der Waals surface area contributed by atoms with Crippen LogP contribution in [-0.4, -0.2) is 86.6 Å². The lowest BCUT2D eigenvalue weighted by molar-refractivity contribution is -0.133. The third-order valence-electron chi connectivity index (χ3n) is 5.55. The molecule has 166 valence electrons. The van der Waals surface area contributed by atoms with Crippen molar-refractivity contribution in [3.8, 4) is 0 Å². The summed E-state index contributed by atoms with van der Waals surface area (Å²) in [6, 6.07) is 1.67. The van der Waals surface area contributed by atoms with Crippen molar-refractivity contribution >= 4 is 23.6 Å². The topological polar surface area (TPSA) is 137 Å². The first-order valence-corrected chi connectivity index (χ1v) is 10.4. The van der Waals surface area contributed by atoms with Crippen LogP contribution in [0.4, 0.5) is 0 Å². The van der Waals surface area contributed by atoms with Gasteiger partial charge in [0.15, 0.2) is 0 Å². The molecule has 0 radical (unpaired) electrons. The van der Waals surface area contributed by atoms with Crippen molar-refractivity contribution in [3.05, 3.63) is 54.4 Å². The van der Waals surface area contributed by atoms with E-state index in [9.17, 15) is 19.2 Å². The lowest BCUT2D eigenvalue weighted by Gasteiger charge is -2.41. The first kappa shape index (κ1) is 21.3. The Morgan fingerprint density at radius 2 is 1.81 bits per heavy atom. The molecule has 0 saturated carbocycles. The van der Waals surface area contributed by atoms with Gasteiger partial charge < -0.3 is 20.4 Å². The number of aromatic nitrogens is 3. The van der Waals surface area contributed by atoms with E-state index < -0.39 is 23.9 Å². The van der Waals surface area contributed by atoms with Crippen LogP contribution in [0.25, 0.3) is 0 Å². The molecule has 2 atom stereocenters. The van der Waals surface area contributed by atoms with E-state index in [0.717, 1.165) is 6.42 Å². The van der Waals surface area contributed by atoms with Crippen LogP contribution in [-0.2, 0) is 9.59 Å². The number of nitrogens with one attached hydrogen (secondary N) is 2. The highest BCUT2D eigenvalue weighted by molar-refractivity contribution is 5.99. The molecule has 2 aromatic rings. The fourth-order valence-electron chi connectivity index (χ4n) is 3.86. The van der Waals surface area contributed by atoms with Gasteiger partial charge in [-0.2, -0.15) is 0 Å². The van der Waals surface area contributed by atoms with Crippen LogP contribution in [0.5, 0.6) is 0 Å². The van der Waals surface area contributed by atoms with E-state index in [1.54, 1.807) is 18.3 Å². The van der Waals surface area contributed by atoms with Crippen molar-refractivity contribution in [2.24, 2.45) is 0 Å².